The average Bonchev–Trinajstić information content (AvgIpc) is 2.67. The lowest BCUT2D eigenvalue weighted by molar-refractivity contribution is 0.186. The highest BCUT2D eigenvalue weighted by atomic mass is 79.9. The molecule has 0 radical (unpaired) electrons. The van der Waals surface area contributed by atoms with Crippen molar-refractivity contribution in [1.82, 2.24) is 19.8 Å². The molecule has 1 aliphatic heterocycles. The Morgan fingerprint density at radius 3 is 2.36 bits per heavy atom. The van der Waals surface area contributed by atoms with Crippen molar-refractivity contribution >= 4 is 21.6 Å². The summed E-state index contributed by atoms with van der Waals surface area (Å²) < 4.78 is 0.919. The van der Waals surface area contributed by atoms with Crippen molar-refractivity contribution in [3.63, 3.8) is 0 Å². The number of nitrogens with zero attached hydrogens (tertiary/aromatic N) is 5. The highest BCUT2D eigenvalue weighted by Crippen LogP contribution is 2.17. The van der Waals surface area contributed by atoms with Crippen molar-refractivity contribution < 1.29 is 0 Å². The van der Waals surface area contributed by atoms with Crippen LogP contribution in [0.2, 0.25) is 0 Å². The Morgan fingerprint density at radius 1 is 1.08 bits per heavy atom. The topological polar surface area (TPSA) is 35.5 Å². The number of anilines is 1. The maximum absolute atomic E-state index is 4.42. The van der Waals surface area contributed by atoms with Crippen molar-refractivity contribution in [3.05, 3.63) is 53.0 Å². The lowest BCUT2D eigenvalue weighted by atomic mass is 10.2. The molecule has 0 bridgehead atoms. The van der Waals surface area contributed by atoms with E-state index >= 15 is 0 Å². The minimum absolute atomic E-state index is 0.221. The van der Waals surface area contributed by atoms with Crippen LogP contribution in [-0.4, -0.2) is 66.1 Å². The van der Waals surface area contributed by atoms with Crippen LogP contribution in [-0.2, 0) is 0 Å². The molecule has 2 aromatic rings. The molecule has 134 valence electrons. The van der Waals surface area contributed by atoms with Crippen LogP contribution < -0.4 is 4.90 Å². The molecular formula is C19H26BrN5. The van der Waals surface area contributed by atoms with Crippen LogP contribution in [0.3, 0.4) is 0 Å². The molecule has 1 aromatic heterocycles. The third-order valence-electron chi connectivity index (χ3n) is 4.94. The van der Waals surface area contributed by atoms with Gasteiger partial charge in [-0.15, -0.1) is 0 Å². The zero-order valence-electron chi connectivity index (χ0n) is 15.0. The van der Waals surface area contributed by atoms with Crippen molar-refractivity contribution in [2.24, 2.45) is 0 Å². The van der Waals surface area contributed by atoms with Gasteiger partial charge in [-0.25, -0.2) is 9.97 Å². The monoisotopic (exact) mass is 403 g/mol. The first kappa shape index (κ1) is 18.3. The van der Waals surface area contributed by atoms with Gasteiger partial charge in [0, 0.05) is 57.3 Å². The maximum atomic E-state index is 4.42. The SMILES string of the molecule is CC(c1ncc(Br)cn1)N(C)CCN1CCN(c2ccccc2)CC1. The predicted octanol–water partition coefficient (Wildman–Crippen LogP) is 3.05. The Hall–Kier alpha value is -1.50. The van der Waals surface area contributed by atoms with Crippen LogP contribution in [0, 0.1) is 0 Å². The minimum Gasteiger partial charge on any atom is -0.369 e. The van der Waals surface area contributed by atoms with E-state index in [1.54, 1.807) is 0 Å². The Morgan fingerprint density at radius 2 is 1.72 bits per heavy atom. The standard InChI is InChI=1S/C19H26BrN5/c1-16(19-21-14-17(20)15-22-19)23(2)8-9-24-10-12-25(13-11-24)18-6-4-3-5-7-18/h3-7,14-16H,8-13H2,1-2H3. The number of halogens is 1. The molecule has 0 aliphatic carbocycles. The van der Waals surface area contributed by atoms with E-state index in [2.05, 4.69) is 84.9 Å². The fourth-order valence-electron chi connectivity index (χ4n) is 3.10. The van der Waals surface area contributed by atoms with Gasteiger partial charge in [0.1, 0.15) is 5.82 Å². The molecule has 0 spiro atoms. The summed E-state index contributed by atoms with van der Waals surface area (Å²) in [6, 6.07) is 10.9. The number of likely N-dealkylation sites (N-methyl/N-ethyl adjacent to an activating group) is 1. The molecule has 5 nitrogen and oxygen atoms in total. The normalized spacial score (nSPS) is 17.0. The predicted molar refractivity (Wildman–Crippen MR) is 106 cm³/mol. The van der Waals surface area contributed by atoms with Gasteiger partial charge in [-0.2, -0.15) is 0 Å². The van der Waals surface area contributed by atoms with Gasteiger partial charge < -0.3 is 4.90 Å². The molecule has 6 heteroatoms. The highest BCUT2D eigenvalue weighted by Gasteiger charge is 2.19. The van der Waals surface area contributed by atoms with Crippen molar-refractivity contribution in [1.29, 1.82) is 0 Å². The Bertz CT molecular complexity index is 641. The molecule has 3 rings (SSSR count). The minimum atomic E-state index is 0.221. The van der Waals surface area contributed by atoms with Gasteiger partial charge in [0.2, 0.25) is 0 Å². The summed E-state index contributed by atoms with van der Waals surface area (Å²) in [5.74, 6) is 0.875. The number of rotatable bonds is 6. The van der Waals surface area contributed by atoms with E-state index in [4.69, 9.17) is 0 Å². The van der Waals surface area contributed by atoms with Crippen molar-refractivity contribution in [2.75, 3.05) is 51.2 Å². The van der Waals surface area contributed by atoms with Gasteiger partial charge in [-0.3, -0.25) is 9.80 Å². The second kappa shape index (κ2) is 8.74. The summed E-state index contributed by atoms with van der Waals surface area (Å²) in [6.07, 6.45) is 3.63. The van der Waals surface area contributed by atoms with Gasteiger partial charge in [0.25, 0.3) is 0 Å². The fraction of sp³-hybridized carbons (Fsp3) is 0.474. The van der Waals surface area contributed by atoms with Crippen LogP contribution in [0.1, 0.15) is 18.8 Å². The molecule has 1 saturated heterocycles. The molecule has 0 amide bonds. The Kier molecular flexibility index (Phi) is 6.39. The molecule has 1 aliphatic rings. The quantitative estimate of drug-likeness (QED) is 0.740. The third kappa shape index (κ3) is 5.00. The summed E-state index contributed by atoms with van der Waals surface area (Å²) in [7, 11) is 2.15. The van der Waals surface area contributed by atoms with Gasteiger partial charge in [-0.05, 0) is 42.0 Å². The zero-order chi connectivity index (χ0) is 17.6. The van der Waals surface area contributed by atoms with E-state index < -0.39 is 0 Å². The van der Waals surface area contributed by atoms with Gasteiger partial charge in [-0.1, -0.05) is 18.2 Å². The smallest absolute Gasteiger partial charge is 0.145 e. The van der Waals surface area contributed by atoms with Gasteiger partial charge in [0.15, 0.2) is 0 Å². The van der Waals surface area contributed by atoms with Gasteiger partial charge in [0.05, 0.1) is 10.5 Å². The van der Waals surface area contributed by atoms with Crippen LogP contribution in [0.4, 0.5) is 5.69 Å². The van der Waals surface area contributed by atoms with Crippen LogP contribution in [0.25, 0.3) is 0 Å². The summed E-state index contributed by atoms with van der Waals surface area (Å²) in [4.78, 5) is 16.2. The fourth-order valence-corrected chi connectivity index (χ4v) is 3.30. The summed E-state index contributed by atoms with van der Waals surface area (Å²) in [6.45, 7) is 8.69. The van der Waals surface area contributed by atoms with Crippen molar-refractivity contribution in [2.45, 2.75) is 13.0 Å². The molecule has 25 heavy (non-hydrogen) atoms. The van der Waals surface area contributed by atoms with Crippen LogP contribution >= 0.6 is 15.9 Å². The number of aromatic nitrogens is 2. The zero-order valence-corrected chi connectivity index (χ0v) is 16.6. The Labute approximate surface area is 158 Å². The summed E-state index contributed by atoms with van der Waals surface area (Å²) >= 11 is 3.39. The molecule has 1 unspecified atom stereocenters. The van der Waals surface area contributed by atoms with E-state index in [0.29, 0.717) is 0 Å². The second-order valence-electron chi connectivity index (χ2n) is 6.58. The second-order valence-corrected chi connectivity index (χ2v) is 7.50. The molecule has 1 aromatic carbocycles. The molecule has 1 atom stereocenters. The van der Waals surface area contributed by atoms with E-state index in [1.807, 2.05) is 12.4 Å². The first-order valence-corrected chi connectivity index (χ1v) is 9.63. The highest BCUT2D eigenvalue weighted by molar-refractivity contribution is 9.10. The number of piperazine rings is 1. The molecule has 1 fully saturated rings. The molecular weight excluding hydrogens is 378 g/mol. The largest absolute Gasteiger partial charge is 0.369 e. The summed E-state index contributed by atoms with van der Waals surface area (Å²) in [5, 5.41) is 0. The molecule has 0 saturated carbocycles. The van der Waals surface area contributed by atoms with Crippen LogP contribution in [0.15, 0.2) is 47.2 Å². The first-order chi connectivity index (χ1) is 12.1. The average molecular weight is 404 g/mol. The number of hydrogen-bond acceptors (Lipinski definition) is 5. The van der Waals surface area contributed by atoms with Crippen molar-refractivity contribution in [3.8, 4) is 0 Å². The first-order valence-electron chi connectivity index (χ1n) is 8.83. The number of benzene rings is 1. The molecule has 0 N–H and O–H groups in total. The Balaban J connectivity index is 1.44. The number of hydrogen-bond donors (Lipinski definition) is 0. The van der Waals surface area contributed by atoms with E-state index in [-0.39, 0.29) is 6.04 Å². The van der Waals surface area contributed by atoms with Gasteiger partial charge >= 0.3 is 0 Å². The van der Waals surface area contributed by atoms with E-state index in [0.717, 1.165) is 49.6 Å². The van der Waals surface area contributed by atoms with E-state index in [9.17, 15) is 0 Å². The van der Waals surface area contributed by atoms with Crippen LogP contribution in [0.5, 0.6) is 0 Å². The molecule has 2 heterocycles. The number of para-hydroxylation sites is 1. The summed E-state index contributed by atoms with van der Waals surface area (Å²) in [5.41, 5.74) is 1.33. The lowest BCUT2D eigenvalue weighted by Crippen LogP contribution is -2.48. The van der Waals surface area contributed by atoms with E-state index in [1.165, 1.54) is 5.69 Å². The maximum Gasteiger partial charge on any atom is 0.145 e. The third-order valence-corrected chi connectivity index (χ3v) is 5.35. The lowest BCUT2D eigenvalue weighted by Gasteiger charge is -2.37.